The molecular formula is C46H90O5. The van der Waals surface area contributed by atoms with Gasteiger partial charge < -0.3 is 14.6 Å². The summed E-state index contributed by atoms with van der Waals surface area (Å²) in [7, 11) is 0. The highest BCUT2D eigenvalue weighted by atomic mass is 16.6. The average molecular weight is 723 g/mol. The second kappa shape index (κ2) is 43.3. The van der Waals surface area contributed by atoms with Gasteiger partial charge in [0.05, 0.1) is 6.61 Å². The van der Waals surface area contributed by atoms with E-state index in [9.17, 15) is 14.7 Å². The van der Waals surface area contributed by atoms with E-state index in [2.05, 4.69) is 13.8 Å². The van der Waals surface area contributed by atoms with Gasteiger partial charge in [0.15, 0.2) is 6.10 Å². The first-order chi connectivity index (χ1) is 25.1. The van der Waals surface area contributed by atoms with Crippen LogP contribution in [-0.4, -0.2) is 36.4 Å². The first-order valence-corrected chi connectivity index (χ1v) is 23.1. The van der Waals surface area contributed by atoms with Crippen LogP contribution in [0.4, 0.5) is 0 Å². The van der Waals surface area contributed by atoms with Gasteiger partial charge in [0.2, 0.25) is 0 Å². The number of aliphatic hydroxyl groups excluding tert-OH is 1. The van der Waals surface area contributed by atoms with Gasteiger partial charge in [0, 0.05) is 12.8 Å². The Morgan fingerprint density at radius 1 is 0.373 bits per heavy atom. The van der Waals surface area contributed by atoms with E-state index in [1.807, 2.05) is 0 Å². The number of unbranched alkanes of at least 4 members (excludes halogenated alkanes) is 35. The smallest absolute Gasteiger partial charge is 0.306 e. The van der Waals surface area contributed by atoms with Crippen molar-refractivity contribution in [3.63, 3.8) is 0 Å². The molecule has 0 bridgehead atoms. The van der Waals surface area contributed by atoms with Gasteiger partial charge in [-0.3, -0.25) is 9.59 Å². The van der Waals surface area contributed by atoms with E-state index in [-0.39, 0.29) is 25.2 Å². The van der Waals surface area contributed by atoms with E-state index in [4.69, 9.17) is 9.47 Å². The number of ether oxygens (including phenoxy) is 2. The zero-order valence-corrected chi connectivity index (χ0v) is 34.6. The van der Waals surface area contributed by atoms with Gasteiger partial charge in [-0.15, -0.1) is 0 Å². The summed E-state index contributed by atoms with van der Waals surface area (Å²) in [5, 5.41) is 9.59. The normalized spacial score (nSPS) is 12.0. The Morgan fingerprint density at radius 3 is 0.863 bits per heavy atom. The van der Waals surface area contributed by atoms with Crippen molar-refractivity contribution in [1.29, 1.82) is 0 Å². The number of carbonyl (C=O) groups is 2. The summed E-state index contributed by atoms with van der Waals surface area (Å²) in [6.07, 6.45) is 48.9. The van der Waals surface area contributed by atoms with Gasteiger partial charge in [-0.2, -0.15) is 0 Å². The lowest BCUT2D eigenvalue weighted by Gasteiger charge is -2.15. The molecule has 5 nitrogen and oxygen atoms in total. The molecule has 0 aliphatic rings. The first-order valence-electron chi connectivity index (χ1n) is 23.1. The molecule has 1 N–H and O–H groups in total. The van der Waals surface area contributed by atoms with Crippen LogP contribution in [0.3, 0.4) is 0 Å². The molecule has 0 radical (unpaired) electrons. The molecule has 0 aromatic rings. The lowest BCUT2D eigenvalue weighted by Crippen LogP contribution is -2.28. The molecule has 0 saturated heterocycles. The van der Waals surface area contributed by atoms with E-state index >= 15 is 0 Å². The Labute approximate surface area is 319 Å². The second-order valence-electron chi connectivity index (χ2n) is 15.9. The zero-order chi connectivity index (χ0) is 37.1. The third-order valence-corrected chi connectivity index (χ3v) is 10.7. The molecule has 0 aromatic carbocycles. The fourth-order valence-corrected chi connectivity index (χ4v) is 7.15. The highest BCUT2D eigenvalue weighted by molar-refractivity contribution is 5.70. The van der Waals surface area contributed by atoms with Crippen molar-refractivity contribution in [2.45, 2.75) is 270 Å². The summed E-state index contributed by atoms with van der Waals surface area (Å²) >= 11 is 0. The van der Waals surface area contributed by atoms with Crippen LogP contribution < -0.4 is 0 Å². The Balaban J connectivity index is 3.45. The Bertz CT molecular complexity index is 695. The Morgan fingerprint density at radius 2 is 0.608 bits per heavy atom. The van der Waals surface area contributed by atoms with E-state index in [0.29, 0.717) is 12.8 Å². The third kappa shape index (κ3) is 41.5. The van der Waals surface area contributed by atoms with Crippen LogP contribution in [0.25, 0.3) is 0 Å². The number of carbonyl (C=O) groups excluding carboxylic acids is 2. The molecule has 304 valence electrons. The molecule has 0 rings (SSSR count). The molecule has 1 atom stereocenters. The molecule has 1 unspecified atom stereocenters. The summed E-state index contributed by atoms with van der Waals surface area (Å²) in [5.74, 6) is -0.569. The molecule has 0 amide bonds. The molecule has 0 aromatic heterocycles. The third-order valence-electron chi connectivity index (χ3n) is 10.7. The van der Waals surface area contributed by atoms with Crippen LogP contribution in [0.2, 0.25) is 0 Å². The van der Waals surface area contributed by atoms with Crippen molar-refractivity contribution in [2.24, 2.45) is 0 Å². The largest absolute Gasteiger partial charge is 0.462 e. The minimum absolute atomic E-state index is 0.0562. The first kappa shape index (κ1) is 49.9. The summed E-state index contributed by atoms with van der Waals surface area (Å²) in [6.45, 7) is 4.19. The molecule has 0 spiro atoms. The van der Waals surface area contributed by atoms with Gasteiger partial charge in [0.1, 0.15) is 6.61 Å². The molecule has 0 fully saturated rings. The van der Waals surface area contributed by atoms with Gasteiger partial charge in [-0.05, 0) is 12.8 Å². The number of rotatable bonds is 43. The van der Waals surface area contributed by atoms with Gasteiger partial charge in [0.25, 0.3) is 0 Å². The summed E-state index contributed by atoms with van der Waals surface area (Å²) in [6, 6.07) is 0. The van der Waals surface area contributed by atoms with Crippen LogP contribution in [0, 0.1) is 0 Å². The summed E-state index contributed by atoms with van der Waals surface area (Å²) in [4.78, 5) is 24.4. The molecule has 0 saturated carbocycles. The number of aliphatic hydroxyl groups is 1. The predicted octanol–water partition coefficient (Wildman–Crippen LogP) is 14.7. The molecule has 0 aliphatic heterocycles. The lowest BCUT2D eigenvalue weighted by molar-refractivity contribution is -0.161. The number of hydrogen-bond acceptors (Lipinski definition) is 5. The maximum absolute atomic E-state index is 12.2. The van der Waals surface area contributed by atoms with E-state index in [1.54, 1.807) is 0 Å². The van der Waals surface area contributed by atoms with Crippen molar-refractivity contribution in [3.05, 3.63) is 0 Å². The monoisotopic (exact) mass is 723 g/mol. The van der Waals surface area contributed by atoms with Crippen LogP contribution in [0.5, 0.6) is 0 Å². The fraction of sp³-hybridized carbons (Fsp3) is 0.957. The number of hydrogen-bond donors (Lipinski definition) is 1. The van der Waals surface area contributed by atoms with Crippen molar-refractivity contribution in [3.8, 4) is 0 Å². The summed E-state index contributed by atoms with van der Waals surface area (Å²) < 4.78 is 10.7. The lowest BCUT2D eigenvalue weighted by atomic mass is 10.0. The molecule has 0 heterocycles. The van der Waals surface area contributed by atoms with Crippen LogP contribution in [-0.2, 0) is 19.1 Å². The molecular weight excluding hydrogens is 633 g/mol. The van der Waals surface area contributed by atoms with Crippen molar-refractivity contribution < 1.29 is 24.2 Å². The van der Waals surface area contributed by atoms with E-state index < -0.39 is 6.10 Å². The standard InChI is InChI=1S/C46H90O5/c1-3-5-7-9-11-13-15-17-19-21-23-25-27-29-31-33-35-37-39-41-46(49)51-44(42-47)43-50-45(48)40-38-36-34-32-30-28-26-24-22-20-18-16-14-12-10-8-6-4-2/h44,47H,3-43H2,1-2H3. The molecule has 5 heteroatoms. The molecule has 0 aliphatic carbocycles. The highest BCUT2D eigenvalue weighted by Crippen LogP contribution is 2.17. The topological polar surface area (TPSA) is 72.8 Å². The summed E-state index contributed by atoms with van der Waals surface area (Å²) in [5.41, 5.74) is 0. The van der Waals surface area contributed by atoms with Crippen molar-refractivity contribution in [2.75, 3.05) is 13.2 Å². The van der Waals surface area contributed by atoms with Gasteiger partial charge in [-0.1, -0.05) is 239 Å². The van der Waals surface area contributed by atoms with Crippen molar-refractivity contribution in [1.82, 2.24) is 0 Å². The van der Waals surface area contributed by atoms with Crippen LogP contribution >= 0.6 is 0 Å². The SMILES string of the molecule is CCCCCCCCCCCCCCCCCCCCCC(=O)OC(CO)COC(=O)CCCCCCCCCCCCCCCCCCCC. The highest BCUT2D eigenvalue weighted by Gasteiger charge is 2.16. The second-order valence-corrected chi connectivity index (χ2v) is 15.9. The maximum atomic E-state index is 12.2. The zero-order valence-electron chi connectivity index (χ0n) is 34.6. The average Bonchev–Trinajstić information content (AvgIpc) is 3.13. The predicted molar refractivity (Wildman–Crippen MR) is 219 cm³/mol. The minimum Gasteiger partial charge on any atom is -0.462 e. The molecule has 51 heavy (non-hydrogen) atoms. The van der Waals surface area contributed by atoms with Gasteiger partial charge in [-0.25, -0.2) is 0 Å². The van der Waals surface area contributed by atoms with Crippen molar-refractivity contribution >= 4 is 11.9 Å². The maximum Gasteiger partial charge on any atom is 0.306 e. The fourth-order valence-electron chi connectivity index (χ4n) is 7.15. The van der Waals surface area contributed by atoms with Crippen LogP contribution in [0.1, 0.15) is 264 Å². The Hall–Kier alpha value is -1.10. The minimum atomic E-state index is -0.762. The number of esters is 2. The quantitative estimate of drug-likeness (QED) is 0.0501. The van der Waals surface area contributed by atoms with Crippen LogP contribution in [0.15, 0.2) is 0 Å². The van der Waals surface area contributed by atoms with Gasteiger partial charge >= 0.3 is 11.9 Å². The van der Waals surface area contributed by atoms with E-state index in [1.165, 1.54) is 205 Å². The van der Waals surface area contributed by atoms with E-state index in [0.717, 1.165) is 32.1 Å². The Kier molecular flexibility index (Phi) is 42.4.